The molecule has 6 rings (SSSR count). The Morgan fingerprint density at radius 1 is 1.11 bits per heavy atom. The number of halogens is 3. The SMILES string of the molecule is CCC(=O)Nc1ccc(CCn2c(C#N)cc3c(C)c(CN4CCC(Nc5ncnc6sc(CC(F)(F)F)cc56)CC4)ccc32)cn1. The van der Waals surface area contributed by atoms with Crippen molar-refractivity contribution in [1.29, 1.82) is 5.26 Å². The van der Waals surface area contributed by atoms with E-state index in [1.54, 1.807) is 25.3 Å². The highest BCUT2D eigenvalue weighted by Gasteiger charge is 2.29. The van der Waals surface area contributed by atoms with E-state index in [1.165, 1.54) is 11.9 Å². The monoisotopic (exact) mass is 660 g/mol. The van der Waals surface area contributed by atoms with Gasteiger partial charge in [0, 0.05) is 60.6 Å². The zero-order valence-corrected chi connectivity index (χ0v) is 27.0. The topological polar surface area (TPSA) is 112 Å². The first-order chi connectivity index (χ1) is 22.6. The molecule has 1 aromatic carbocycles. The first-order valence-electron chi connectivity index (χ1n) is 15.7. The molecule has 244 valence electrons. The molecule has 0 atom stereocenters. The van der Waals surface area contributed by atoms with Crippen LogP contribution >= 0.6 is 11.3 Å². The number of thiophene rings is 1. The minimum absolute atomic E-state index is 0.0799. The molecule has 0 saturated carbocycles. The number of hydrogen-bond acceptors (Lipinski definition) is 8. The molecule has 9 nitrogen and oxygen atoms in total. The van der Waals surface area contributed by atoms with Gasteiger partial charge in [-0.05, 0) is 67.1 Å². The number of aryl methyl sites for hydroxylation is 3. The Kier molecular flexibility index (Phi) is 9.42. The maximum absolute atomic E-state index is 12.9. The Hall–Kier alpha value is -4.54. The Balaban J connectivity index is 1.08. The number of anilines is 2. The second kappa shape index (κ2) is 13.7. The fraction of sp³-hybridized carbons (Fsp3) is 0.382. The van der Waals surface area contributed by atoms with Gasteiger partial charge < -0.3 is 15.2 Å². The number of nitrogens with zero attached hydrogens (tertiary/aromatic N) is 6. The van der Waals surface area contributed by atoms with Gasteiger partial charge in [-0.3, -0.25) is 9.69 Å². The summed E-state index contributed by atoms with van der Waals surface area (Å²) < 4.78 is 40.9. The molecule has 1 fully saturated rings. The number of nitrogens with one attached hydrogen (secondary N) is 2. The third-order valence-electron chi connectivity index (χ3n) is 8.70. The van der Waals surface area contributed by atoms with E-state index in [4.69, 9.17) is 0 Å². The van der Waals surface area contributed by atoms with Crippen LogP contribution in [-0.2, 0) is 30.7 Å². The standard InChI is InChI=1S/C34H35F3N8OS/c1-3-31(46)43-30-7-4-22(18-39-30)8-13-45-25(17-38)14-27-21(2)23(5-6-29(27)45)19-44-11-9-24(10-12-44)42-32-28-15-26(16-34(35,36)37)47-33(28)41-20-40-32/h4-7,14-15,18,20,24H,3,8-13,16,19H2,1-2H3,(H,39,43,46)(H,40,41,42). The molecule has 2 N–H and O–H groups in total. The van der Waals surface area contributed by atoms with Gasteiger partial charge in [-0.15, -0.1) is 11.3 Å². The number of benzene rings is 1. The van der Waals surface area contributed by atoms with E-state index in [2.05, 4.69) is 60.2 Å². The van der Waals surface area contributed by atoms with Gasteiger partial charge in [-0.1, -0.05) is 19.1 Å². The Morgan fingerprint density at radius 2 is 1.91 bits per heavy atom. The van der Waals surface area contributed by atoms with Crippen molar-refractivity contribution in [2.24, 2.45) is 0 Å². The summed E-state index contributed by atoms with van der Waals surface area (Å²) in [6.45, 7) is 7.05. The number of piperidine rings is 1. The summed E-state index contributed by atoms with van der Waals surface area (Å²) in [6.07, 6.45) is 0.778. The molecule has 0 bridgehead atoms. The summed E-state index contributed by atoms with van der Waals surface area (Å²) >= 11 is 1.06. The van der Waals surface area contributed by atoms with Crippen molar-refractivity contribution in [3.05, 3.63) is 76.2 Å². The molecule has 47 heavy (non-hydrogen) atoms. The highest BCUT2D eigenvalue weighted by atomic mass is 32.1. The van der Waals surface area contributed by atoms with Crippen LogP contribution in [0.3, 0.4) is 0 Å². The predicted molar refractivity (Wildman–Crippen MR) is 177 cm³/mol. The zero-order chi connectivity index (χ0) is 33.1. The van der Waals surface area contributed by atoms with Crippen molar-refractivity contribution in [2.45, 2.75) is 71.3 Å². The predicted octanol–water partition coefficient (Wildman–Crippen LogP) is 6.99. The molecule has 0 aliphatic carbocycles. The molecule has 5 heterocycles. The lowest BCUT2D eigenvalue weighted by molar-refractivity contribution is -0.126. The summed E-state index contributed by atoms with van der Waals surface area (Å²) in [5, 5.41) is 17.9. The highest BCUT2D eigenvalue weighted by molar-refractivity contribution is 7.18. The van der Waals surface area contributed by atoms with Crippen molar-refractivity contribution >= 4 is 50.0 Å². The third-order valence-corrected chi connectivity index (χ3v) is 9.74. The van der Waals surface area contributed by atoms with Crippen LogP contribution in [0.15, 0.2) is 48.9 Å². The molecule has 0 spiro atoms. The maximum atomic E-state index is 12.9. The number of carbonyl (C=O) groups is 1. The van der Waals surface area contributed by atoms with Gasteiger partial charge in [0.05, 0.1) is 11.8 Å². The maximum Gasteiger partial charge on any atom is 0.393 e. The molecule has 5 aromatic rings. The largest absolute Gasteiger partial charge is 0.393 e. The highest BCUT2D eigenvalue weighted by Crippen LogP contribution is 2.33. The summed E-state index contributed by atoms with van der Waals surface area (Å²) in [5.74, 6) is 1.04. The number of alkyl halides is 3. The average molecular weight is 661 g/mol. The van der Waals surface area contributed by atoms with Gasteiger partial charge in [-0.25, -0.2) is 15.0 Å². The number of aromatic nitrogens is 4. The third kappa shape index (κ3) is 7.55. The van der Waals surface area contributed by atoms with Crippen LogP contribution in [0.4, 0.5) is 24.8 Å². The number of nitriles is 1. The van der Waals surface area contributed by atoms with Gasteiger partial charge >= 0.3 is 6.18 Å². The second-order valence-electron chi connectivity index (χ2n) is 11.9. The summed E-state index contributed by atoms with van der Waals surface area (Å²) in [4.78, 5) is 27.7. The van der Waals surface area contributed by atoms with Crippen LogP contribution < -0.4 is 10.6 Å². The van der Waals surface area contributed by atoms with Crippen LogP contribution in [0, 0.1) is 18.3 Å². The Labute approximate surface area is 274 Å². The van der Waals surface area contributed by atoms with Crippen LogP contribution in [0.5, 0.6) is 0 Å². The van der Waals surface area contributed by atoms with Gasteiger partial charge in [0.25, 0.3) is 0 Å². The molecule has 1 saturated heterocycles. The molecule has 1 aliphatic heterocycles. The molecular weight excluding hydrogens is 625 g/mol. The molecule has 1 amide bonds. The van der Waals surface area contributed by atoms with Gasteiger partial charge in [0.1, 0.15) is 34.6 Å². The van der Waals surface area contributed by atoms with E-state index in [1.807, 2.05) is 12.1 Å². The molecule has 0 radical (unpaired) electrons. The van der Waals surface area contributed by atoms with E-state index < -0.39 is 12.6 Å². The quantitative estimate of drug-likeness (QED) is 0.166. The lowest BCUT2D eigenvalue weighted by Gasteiger charge is -2.33. The summed E-state index contributed by atoms with van der Waals surface area (Å²) in [6, 6.07) is 14.0. The number of pyridine rings is 1. The van der Waals surface area contributed by atoms with Crippen molar-refractivity contribution in [3.63, 3.8) is 0 Å². The molecule has 1 aliphatic rings. The van der Waals surface area contributed by atoms with Gasteiger partial charge in [0.15, 0.2) is 0 Å². The minimum atomic E-state index is -4.26. The summed E-state index contributed by atoms with van der Waals surface area (Å²) in [7, 11) is 0. The van der Waals surface area contributed by atoms with E-state index in [0.717, 1.165) is 65.8 Å². The van der Waals surface area contributed by atoms with Crippen molar-refractivity contribution in [2.75, 3.05) is 23.7 Å². The minimum Gasteiger partial charge on any atom is -0.367 e. The van der Waals surface area contributed by atoms with Gasteiger partial charge in [-0.2, -0.15) is 18.4 Å². The van der Waals surface area contributed by atoms with E-state index in [9.17, 15) is 23.2 Å². The number of rotatable bonds is 10. The zero-order valence-electron chi connectivity index (χ0n) is 26.2. The second-order valence-corrected chi connectivity index (χ2v) is 13.0. The van der Waals surface area contributed by atoms with Gasteiger partial charge in [0.2, 0.25) is 5.91 Å². The fourth-order valence-electron chi connectivity index (χ4n) is 6.12. The summed E-state index contributed by atoms with van der Waals surface area (Å²) in [5.41, 5.74) is 5.02. The number of hydrogen-bond donors (Lipinski definition) is 2. The molecule has 0 unspecified atom stereocenters. The first-order valence-corrected chi connectivity index (χ1v) is 16.5. The lowest BCUT2D eigenvalue weighted by Crippen LogP contribution is -2.39. The van der Waals surface area contributed by atoms with Crippen molar-refractivity contribution in [3.8, 4) is 6.07 Å². The van der Waals surface area contributed by atoms with Crippen molar-refractivity contribution < 1.29 is 18.0 Å². The van der Waals surface area contributed by atoms with Crippen LogP contribution in [0.25, 0.3) is 21.1 Å². The number of amides is 1. The lowest BCUT2D eigenvalue weighted by atomic mass is 10.0. The van der Waals surface area contributed by atoms with Crippen molar-refractivity contribution in [1.82, 2.24) is 24.4 Å². The van der Waals surface area contributed by atoms with E-state index >= 15 is 0 Å². The number of fused-ring (bicyclic) bond motifs is 2. The number of carbonyl (C=O) groups excluding carboxylic acids is 1. The molecule has 13 heteroatoms. The number of likely N-dealkylation sites (tertiary alicyclic amines) is 1. The molecular formula is C34H35F3N8OS. The smallest absolute Gasteiger partial charge is 0.367 e. The molecule has 4 aromatic heterocycles. The van der Waals surface area contributed by atoms with Crippen LogP contribution in [0.1, 0.15) is 53.4 Å². The average Bonchev–Trinajstić information content (AvgIpc) is 3.63. The first kappa shape index (κ1) is 32.4. The fourth-order valence-corrected chi connectivity index (χ4v) is 7.15. The Morgan fingerprint density at radius 3 is 2.62 bits per heavy atom. The van der Waals surface area contributed by atoms with Crippen LogP contribution in [-0.4, -0.2) is 55.6 Å². The van der Waals surface area contributed by atoms with Crippen LogP contribution in [0.2, 0.25) is 0 Å². The van der Waals surface area contributed by atoms with E-state index in [-0.39, 0.29) is 16.8 Å². The normalized spacial score (nSPS) is 14.5. The van der Waals surface area contributed by atoms with E-state index in [0.29, 0.717) is 46.9 Å². The Bertz CT molecular complexity index is 1940.